The van der Waals surface area contributed by atoms with Crippen LogP contribution in [0.3, 0.4) is 0 Å². The summed E-state index contributed by atoms with van der Waals surface area (Å²) >= 11 is 0. The van der Waals surface area contributed by atoms with Gasteiger partial charge < -0.3 is 14.6 Å². The molecule has 0 bridgehead atoms. The number of amides is 1. The molecule has 1 aliphatic heterocycles. The van der Waals surface area contributed by atoms with Crippen molar-refractivity contribution in [2.45, 2.75) is 13.0 Å². The summed E-state index contributed by atoms with van der Waals surface area (Å²) in [6.45, 7) is 1.93. The minimum atomic E-state index is -0.875. The van der Waals surface area contributed by atoms with Crippen molar-refractivity contribution >= 4 is 23.1 Å². The standard InChI is InChI=1S/C26H23NO5/c1-16-9-11-17(12-10-16)24(28)22-23(20-14-13-19(31-2)15-21(20)32-3)27(26(30)25(22)29)18-7-5-4-6-8-18/h4-15,23,28H,1-3H3/b24-22+. The number of hydrogen-bond donors (Lipinski definition) is 1. The number of ketones is 1. The van der Waals surface area contributed by atoms with Crippen LogP contribution in [0.15, 0.2) is 78.4 Å². The van der Waals surface area contributed by atoms with Gasteiger partial charge in [0.25, 0.3) is 11.7 Å². The van der Waals surface area contributed by atoms with Crippen molar-refractivity contribution in [2.75, 3.05) is 19.1 Å². The second kappa shape index (κ2) is 8.59. The number of aryl methyl sites for hydroxylation is 1. The molecule has 162 valence electrons. The molecule has 1 aliphatic rings. The Morgan fingerprint density at radius 3 is 2.22 bits per heavy atom. The molecule has 1 fully saturated rings. The Bertz CT molecular complexity index is 1200. The van der Waals surface area contributed by atoms with Crippen LogP contribution in [0.2, 0.25) is 0 Å². The molecular weight excluding hydrogens is 406 g/mol. The van der Waals surface area contributed by atoms with E-state index in [1.165, 1.54) is 12.0 Å². The van der Waals surface area contributed by atoms with Gasteiger partial charge in [-0.25, -0.2) is 0 Å². The van der Waals surface area contributed by atoms with Gasteiger partial charge in [0.15, 0.2) is 0 Å². The summed E-state index contributed by atoms with van der Waals surface area (Å²) in [5.74, 6) is -0.694. The fourth-order valence-corrected chi connectivity index (χ4v) is 3.89. The van der Waals surface area contributed by atoms with Crippen LogP contribution in [0.5, 0.6) is 11.5 Å². The van der Waals surface area contributed by atoms with Crippen molar-refractivity contribution in [3.05, 3.63) is 95.1 Å². The monoisotopic (exact) mass is 429 g/mol. The number of para-hydroxylation sites is 1. The van der Waals surface area contributed by atoms with Gasteiger partial charge in [0, 0.05) is 22.9 Å². The molecule has 32 heavy (non-hydrogen) atoms. The summed E-state index contributed by atoms with van der Waals surface area (Å²) in [6.07, 6.45) is 0. The van der Waals surface area contributed by atoms with Gasteiger partial charge in [0.1, 0.15) is 17.3 Å². The van der Waals surface area contributed by atoms with E-state index in [9.17, 15) is 14.7 Å². The molecule has 0 aromatic heterocycles. The Morgan fingerprint density at radius 1 is 0.906 bits per heavy atom. The maximum Gasteiger partial charge on any atom is 0.300 e. The van der Waals surface area contributed by atoms with Gasteiger partial charge in [0.05, 0.1) is 25.8 Å². The van der Waals surface area contributed by atoms with Crippen molar-refractivity contribution in [1.82, 2.24) is 0 Å². The van der Waals surface area contributed by atoms with Gasteiger partial charge in [-0.05, 0) is 31.2 Å². The quantitative estimate of drug-likeness (QED) is 0.363. The molecule has 6 nitrogen and oxygen atoms in total. The van der Waals surface area contributed by atoms with E-state index in [0.717, 1.165) is 5.56 Å². The Kier molecular flexibility index (Phi) is 5.69. The lowest BCUT2D eigenvalue weighted by atomic mass is 9.94. The molecule has 3 aromatic carbocycles. The number of nitrogens with zero attached hydrogens (tertiary/aromatic N) is 1. The first-order valence-electron chi connectivity index (χ1n) is 10.1. The molecule has 1 N–H and O–H groups in total. The highest BCUT2D eigenvalue weighted by atomic mass is 16.5. The van der Waals surface area contributed by atoms with E-state index in [4.69, 9.17) is 9.47 Å². The van der Waals surface area contributed by atoms with Crippen molar-refractivity contribution in [3.8, 4) is 11.5 Å². The summed E-state index contributed by atoms with van der Waals surface area (Å²) in [5, 5.41) is 11.2. The van der Waals surface area contributed by atoms with E-state index < -0.39 is 17.7 Å². The largest absolute Gasteiger partial charge is 0.507 e. The van der Waals surface area contributed by atoms with Crippen molar-refractivity contribution in [3.63, 3.8) is 0 Å². The second-order valence-electron chi connectivity index (χ2n) is 7.48. The van der Waals surface area contributed by atoms with Crippen LogP contribution in [0.25, 0.3) is 5.76 Å². The van der Waals surface area contributed by atoms with Gasteiger partial charge in [-0.3, -0.25) is 14.5 Å². The summed E-state index contributed by atoms with van der Waals surface area (Å²) in [6, 6.07) is 20.3. The number of methoxy groups -OCH3 is 2. The number of hydrogen-bond acceptors (Lipinski definition) is 5. The van der Waals surface area contributed by atoms with Crippen molar-refractivity contribution in [1.29, 1.82) is 0 Å². The fourth-order valence-electron chi connectivity index (χ4n) is 3.89. The molecule has 1 heterocycles. The van der Waals surface area contributed by atoms with Gasteiger partial charge in [0.2, 0.25) is 0 Å². The molecule has 6 heteroatoms. The molecule has 1 amide bonds. The minimum Gasteiger partial charge on any atom is -0.507 e. The highest BCUT2D eigenvalue weighted by Crippen LogP contribution is 2.45. The number of aliphatic hydroxyl groups excluding tert-OH is 1. The maximum absolute atomic E-state index is 13.2. The molecule has 3 aromatic rings. The van der Waals surface area contributed by atoms with Crippen molar-refractivity contribution < 1.29 is 24.2 Å². The Hall–Kier alpha value is -4.06. The predicted molar refractivity (Wildman–Crippen MR) is 122 cm³/mol. The highest BCUT2D eigenvalue weighted by Gasteiger charge is 2.47. The topological polar surface area (TPSA) is 76.1 Å². The van der Waals surface area contributed by atoms with Gasteiger partial charge in [-0.15, -0.1) is 0 Å². The summed E-state index contributed by atoms with van der Waals surface area (Å²) < 4.78 is 10.9. The van der Waals surface area contributed by atoms with Gasteiger partial charge in [-0.1, -0.05) is 48.0 Å². The third-order valence-electron chi connectivity index (χ3n) is 5.54. The van der Waals surface area contributed by atoms with Crippen LogP contribution in [0.1, 0.15) is 22.7 Å². The summed E-state index contributed by atoms with van der Waals surface area (Å²) in [7, 11) is 3.05. The number of aliphatic hydroxyl groups is 1. The average Bonchev–Trinajstić information content (AvgIpc) is 3.09. The van der Waals surface area contributed by atoms with Crippen LogP contribution < -0.4 is 14.4 Å². The first-order valence-corrected chi connectivity index (χ1v) is 10.1. The fraction of sp³-hybridized carbons (Fsp3) is 0.154. The molecular formula is C26H23NO5. The lowest BCUT2D eigenvalue weighted by Crippen LogP contribution is -2.29. The Balaban J connectivity index is 1.98. The van der Waals surface area contributed by atoms with E-state index in [1.54, 1.807) is 61.7 Å². The van der Waals surface area contributed by atoms with Gasteiger partial charge in [-0.2, -0.15) is 0 Å². The zero-order chi connectivity index (χ0) is 22.8. The van der Waals surface area contributed by atoms with Crippen LogP contribution in [0, 0.1) is 6.92 Å². The van der Waals surface area contributed by atoms with Crippen molar-refractivity contribution in [2.24, 2.45) is 0 Å². The normalized spacial score (nSPS) is 17.5. The third-order valence-corrected chi connectivity index (χ3v) is 5.54. The van der Waals surface area contributed by atoms with Crippen LogP contribution in [-0.2, 0) is 9.59 Å². The number of carbonyl (C=O) groups is 2. The molecule has 1 saturated heterocycles. The molecule has 1 atom stereocenters. The Morgan fingerprint density at radius 2 is 1.59 bits per heavy atom. The lowest BCUT2D eigenvalue weighted by Gasteiger charge is -2.26. The van der Waals surface area contributed by atoms with E-state index in [0.29, 0.717) is 28.3 Å². The zero-order valence-electron chi connectivity index (χ0n) is 18.0. The van der Waals surface area contributed by atoms with E-state index >= 15 is 0 Å². The molecule has 0 saturated carbocycles. The number of ether oxygens (including phenoxy) is 2. The summed E-state index contributed by atoms with van der Waals surface area (Å²) in [5.41, 5.74) is 2.58. The van der Waals surface area contributed by atoms with Crippen LogP contribution >= 0.6 is 0 Å². The Labute approximate surface area is 186 Å². The number of benzene rings is 3. The third kappa shape index (κ3) is 3.60. The molecule has 0 aliphatic carbocycles. The number of Topliss-reactive ketones (excluding diaryl/α,β-unsaturated/α-hetero) is 1. The predicted octanol–water partition coefficient (Wildman–Crippen LogP) is 4.64. The average molecular weight is 429 g/mol. The summed E-state index contributed by atoms with van der Waals surface area (Å²) in [4.78, 5) is 27.8. The van der Waals surface area contributed by atoms with Crippen LogP contribution in [-0.4, -0.2) is 31.0 Å². The second-order valence-corrected chi connectivity index (χ2v) is 7.48. The highest BCUT2D eigenvalue weighted by molar-refractivity contribution is 6.51. The smallest absolute Gasteiger partial charge is 0.300 e. The van der Waals surface area contributed by atoms with E-state index in [-0.39, 0.29) is 11.3 Å². The number of anilines is 1. The molecule has 1 unspecified atom stereocenters. The molecule has 0 radical (unpaired) electrons. The SMILES string of the molecule is COc1ccc(C2/C(=C(\O)c3ccc(C)cc3)C(=O)C(=O)N2c2ccccc2)c(OC)c1. The van der Waals surface area contributed by atoms with Gasteiger partial charge >= 0.3 is 0 Å². The number of carbonyl (C=O) groups excluding carboxylic acids is 2. The molecule has 0 spiro atoms. The van der Waals surface area contributed by atoms with E-state index in [2.05, 4.69) is 0 Å². The lowest BCUT2D eigenvalue weighted by molar-refractivity contribution is -0.132. The number of rotatable bonds is 5. The minimum absolute atomic E-state index is 0.00572. The van der Waals surface area contributed by atoms with Crippen LogP contribution in [0.4, 0.5) is 5.69 Å². The molecule has 4 rings (SSSR count). The maximum atomic E-state index is 13.2. The zero-order valence-corrected chi connectivity index (χ0v) is 18.0. The first-order chi connectivity index (χ1) is 15.5. The first kappa shape index (κ1) is 21.2. The van der Waals surface area contributed by atoms with E-state index in [1.807, 2.05) is 25.1 Å².